The molecule has 0 aromatic heterocycles. The quantitative estimate of drug-likeness (QED) is 0.687. The van der Waals surface area contributed by atoms with Crippen molar-refractivity contribution in [3.63, 3.8) is 0 Å². The van der Waals surface area contributed by atoms with Crippen LogP contribution in [0.3, 0.4) is 0 Å². The van der Waals surface area contributed by atoms with Crippen LogP contribution in [0.1, 0.15) is 65.7 Å². The summed E-state index contributed by atoms with van der Waals surface area (Å²) in [6.07, 6.45) is 9.53. The van der Waals surface area contributed by atoms with Gasteiger partial charge in [-0.15, -0.1) is 0 Å². The highest BCUT2D eigenvalue weighted by molar-refractivity contribution is 5.92. The fraction of sp³-hybridized carbons (Fsp3) is 0.810. The minimum atomic E-state index is -0.456. The van der Waals surface area contributed by atoms with Gasteiger partial charge in [0.1, 0.15) is 0 Å². The number of hydrogen-bond donors (Lipinski definition) is 0. The van der Waals surface area contributed by atoms with E-state index in [1.54, 1.807) is 6.92 Å². The van der Waals surface area contributed by atoms with E-state index in [4.69, 9.17) is 4.74 Å². The zero-order chi connectivity index (χ0) is 16.9. The Morgan fingerprint density at radius 2 is 1.96 bits per heavy atom. The number of ketones is 2. The molecule has 3 saturated carbocycles. The summed E-state index contributed by atoms with van der Waals surface area (Å²) < 4.78 is 5.99. The van der Waals surface area contributed by atoms with Crippen LogP contribution in [-0.4, -0.2) is 23.3 Å². The van der Waals surface area contributed by atoms with Crippen LogP contribution in [0.5, 0.6) is 0 Å². The smallest absolute Gasteiger partial charge is 0.164 e. The number of epoxide rings is 1. The molecular weight excluding hydrogens is 300 g/mol. The lowest BCUT2D eigenvalue weighted by Crippen LogP contribution is -2.54. The third-order valence-electron chi connectivity index (χ3n) is 8.92. The van der Waals surface area contributed by atoms with Crippen molar-refractivity contribution in [2.75, 3.05) is 0 Å². The molecule has 130 valence electrons. The fourth-order valence-corrected chi connectivity index (χ4v) is 7.62. The molecule has 1 heterocycles. The molecule has 0 amide bonds. The van der Waals surface area contributed by atoms with E-state index in [0.29, 0.717) is 30.0 Å². The Morgan fingerprint density at radius 3 is 2.71 bits per heavy atom. The number of carbonyl (C=O) groups is 2. The molecule has 0 radical (unpaired) electrons. The van der Waals surface area contributed by atoms with E-state index >= 15 is 0 Å². The summed E-state index contributed by atoms with van der Waals surface area (Å²) in [7, 11) is 0. The van der Waals surface area contributed by atoms with Crippen LogP contribution in [0.2, 0.25) is 0 Å². The minimum Gasteiger partial charge on any atom is -0.357 e. The molecule has 0 spiro atoms. The van der Waals surface area contributed by atoms with Crippen molar-refractivity contribution >= 4 is 11.6 Å². The molecule has 7 atom stereocenters. The van der Waals surface area contributed by atoms with Gasteiger partial charge >= 0.3 is 0 Å². The summed E-state index contributed by atoms with van der Waals surface area (Å²) in [5.74, 6) is 2.58. The molecule has 1 aliphatic heterocycles. The SMILES string of the molecule is CC(=O)[C@@]12O[C@@H]1C[C@H]1[C@@H]3CCC4=CC(=O)CC[C@@]4(C)[C@@H]3CC[C@]12C. The van der Waals surface area contributed by atoms with Crippen molar-refractivity contribution in [1.29, 1.82) is 0 Å². The number of ether oxygens (including phenoxy) is 1. The van der Waals surface area contributed by atoms with E-state index in [0.717, 1.165) is 25.7 Å². The summed E-state index contributed by atoms with van der Waals surface area (Å²) >= 11 is 0. The van der Waals surface area contributed by atoms with Crippen molar-refractivity contribution in [2.24, 2.45) is 28.6 Å². The number of hydrogen-bond acceptors (Lipinski definition) is 3. The van der Waals surface area contributed by atoms with Gasteiger partial charge in [-0.3, -0.25) is 9.59 Å². The van der Waals surface area contributed by atoms with Crippen LogP contribution < -0.4 is 0 Å². The van der Waals surface area contributed by atoms with E-state index in [9.17, 15) is 9.59 Å². The Bertz CT molecular complexity index is 679. The zero-order valence-corrected chi connectivity index (χ0v) is 15.1. The summed E-state index contributed by atoms with van der Waals surface area (Å²) in [6, 6.07) is 0. The van der Waals surface area contributed by atoms with Gasteiger partial charge in [0.25, 0.3) is 0 Å². The molecule has 0 bridgehead atoms. The largest absolute Gasteiger partial charge is 0.357 e. The molecule has 0 N–H and O–H groups in total. The van der Waals surface area contributed by atoms with Crippen molar-refractivity contribution < 1.29 is 14.3 Å². The summed E-state index contributed by atoms with van der Waals surface area (Å²) in [5.41, 5.74) is 1.22. The Kier molecular flexibility index (Phi) is 2.81. The zero-order valence-electron chi connectivity index (χ0n) is 15.1. The first-order chi connectivity index (χ1) is 11.3. The molecule has 24 heavy (non-hydrogen) atoms. The molecule has 3 heteroatoms. The number of fused-ring (bicyclic) bond motifs is 7. The number of Topliss-reactive ketones (excluding diaryl/α,β-unsaturated/α-hetero) is 1. The Balaban J connectivity index is 1.52. The maximum atomic E-state index is 12.4. The number of rotatable bonds is 1. The van der Waals surface area contributed by atoms with Gasteiger partial charge in [-0.25, -0.2) is 0 Å². The minimum absolute atomic E-state index is 0.0345. The molecule has 0 unspecified atom stereocenters. The van der Waals surface area contributed by atoms with E-state index in [-0.39, 0.29) is 22.7 Å². The highest BCUT2D eigenvalue weighted by atomic mass is 16.6. The predicted molar refractivity (Wildman–Crippen MR) is 90.4 cm³/mol. The molecule has 5 rings (SSSR count). The molecule has 3 nitrogen and oxygen atoms in total. The van der Waals surface area contributed by atoms with Crippen molar-refractivity contribution in [3.05, 3.63) is 11.6 Å². The second kappa shape index (κ2) is 4.41. The van der Waals surface area contributed by atoms with Crippen LogP contribution in [0, 0.1) is 28.6 Å². The Hall–Kier alpha value is -0.960. The van der Waals surface area contributed by atoms with Crippen LogP contribution >= 0.6 is 0 Å². The maximum Gasteiger partial charge on any atom is 0.164 e. The van der Waals surface area contributed by atoms with Gasteiger partial charge in [0.15, 0.2) is 17.2 Å². The molecule has 0 aromatic rings. The average Bonchev–Trinajstić information content (AvgIpc) is 3.21. The normalized spacial score (nSPS) is 55.0. The summed E-state index contributed by atoms with van der Waals surface area (Å²) in [4.78, 5) is 24.3. The van der Waals surface area contributed by atoms with Crippen LogP contribution in [0.15, 0.2) is 11.6 Å². The van der Waals surface area contributed by atoms with Crippen molar-refractivity contribution in [1.82, 2.24) is 0 Å². The summed E-state index contributed by atoms with van der Waals surface area (Å²) in [5, 5.41) is 0. The molecular formula is C21H28O3. The number of carbonyl (C=O) groups excluding carboxylic acids is 2. The van der Waals surface area contributed by atoms with Crippen molar-refractivity contribution in [2.45, 2.75) is 77.4 Å². The lowest BCUT2D eigenvalue weighted by Gasteiger charge is -2.58. The highest BCUT2D eigenvalue weighted by Crippen LogP contribution is 2.73. The maximum absolute atomic E-state index is 12.4. The van der Waals surface area contributed by atoms with Crippen LogP contribution in [0.25, 0.3) is 0 Å². The van der Waals surface area contributed by atoms with E-state index in [1.165, 1.54) is 18.4 Å². The van der Waals surface area contributed by atoms with Gasteiger partial charge in [-0.05, 0) is 74.7 Å². The number of allylic oxidation sites excluding steroid dienone is 1. The van der Waals surface area contributed by atoms with E-state index < -0.39 is 5.60 Å². The molecule has 0 aromatic carbocycles. The topological polar surface area (TPSA) is 46.7 Å². The van der Waals surface area contributed by atoms with Gasteiger partial charge in [-0.1, -0.05) is 19.4 Å². The Labute approximate surface area is 144 Å². The third-order valence-corrected chi connectivity index (χ3v) is 8.92. The van der Waals surface area contributed by atoms with Gasteiger partial charge in [0.2, 0.25) is 0 Å². The van der Waals surface area contributed by atoms with E-state index in [2.05, 4.69) is 13.8 Å². The second-order valence-electron chi connectivity index (χ2n) is 9.56. The fourth-order valence-electron chi connectivity index (χ4n) is 7.62. The van der Waals surface area contributed by atoms with Crippen molar-refractivity contribution in [3.8, 4) is 0 Å². The Morgan fingerprint density at radius 1 is 1.17 bits per heavy atom. The second-order valence-corrected chi connectivity index (χ2v) is 9.56. The molecule has 4 fully saturated rings. The predicted octanol–water partition coefficient (Wildman–Crippen LogP) is 3.85. The summed E-state index contributed by atoms with van der Waals surface area (Å²) in [6.45, 7) is 6.48. The lowest BCUT2D eigenvalue weighted by molar-refractivity contribution is -0.136. The van der Waals surface area contributed by atoms with Crippen LogP contribution in [0.4, 0.5) is 0 Å². The first-order valence-corrected chi connectivity index (χ1v) is 9.76. The van der Waals surface area contributed by atoms with Crippen LogP contribution in [-0.2, 0) is 14.3 Å². The molecule has 4 aliphatic carbocycles. The monoisotopic (exact) mass is 328 g/mol. The van der Waals surface area contributed by atoms with Gasteiger partial charge in [-0.2, -0.15) is 0 Å². The third kappa shape index (κ3) is 1.54. The standard InChI is InChI=1S/C21H28O3/c1-12(22)21-18(24-21)11-17-15-5-4-13-10-14(23)6-8-19(13,2)16(15)7-9-20(17,21)3/h10,15-18H,4-9,11H2,1-3H3/t15-,16-,17+,18-,19-,20-,21-/m1/s1. The van der Waals surface area contributed by atoms with E-state index in [1.807, 2.05) is 6.08 Å². The molecule has 1 saturated heterocycles. The molecule has 5 aliphatic rings. The van der Waals surface area contributed by atoms with Gasteiger partial charge < -0.3 is 4.74 Å². The first-order valence-electron chi connectivity index (χ1n) is 9.76. The first kappa shape index (κ1) is 15.3. The van der Waals surface area contributed by atoms with Gasteiger partial charge in [0, 0.05) is 11.8 Å². The van der Waals surface area contributed by atoms with Gasteiger partial charge in [0.05, 0.1) is 6.10 Å². The lowest BCUT2D eigenvalue weighted by atomic mass is 9.46. The highest BCUT2D eigenvalue weighted by Gasteiger charge is 2.79. The average molecular weight is 328 g/mol.